The highest BCUT2D eigenvalue weighted by Crippen LogP contribution is 2.39. The lowest BCUT2D eigenvalue weighted by Gasteiger charge is -2.38. The molecule has 1 atom stereocenters. The molecule has 0 bridgehead atoms. The van der Waals surface area contributed by atoms with Crippen LogP contribution >= 0.6 is 0 Å². The maximum absolute atomic E-state index is 13.4. The van der Waals surface area contributed by atoms with Gasteiger partial charge >= 0.3 is 6.03 Å². The molecule has 1 N–H and O–H groups in total. The molecule has 2 amide bonds. The van der Waals surface area contributed by atoms with Crippen molar-refractivity contribution in [2.75, 3.05) is 33.2 Å². The molecule has 7 nitrogen and oxygen atoms in total. The lowest BCUT2D eigenvalue weighted by atomic mass is 9.98. The zero-order valence-corrected chi connectivity index (χ0v) is 17.3. The molecule has 0 aliphatic carbocycles. The van der Waals surface area contributed by atoms with Crippen LogP contribution in [0, 0.1) is 0 Å². The number of carbonyl (C=O) groups is 1. The third-order valence-electron chi connectivity index (χ3n) is 5.38. The van der Waals surface area contributed by atoms with Crippen molar-refractivity contribution in [3.63, 3.8) is 0 Å². The number of nitrogens with zero attached hydrogens (tertiary/aromatic N) is 2. The molecular formula is C23H25N3O4. The number of aromatic nitrogens is 1. The minimum absolute atomic E-state index is 0.207. The molecule has 3 aromatic rings. The highest BCUT2D eigenvalue weighted by atomic mass is 16.5. The minimum atomic E-state index is -0.325. The SMILES string of the molecule is COc1ccc(OC)c([C@@H]2c3cccn3CCN2C(=O)Nc2ccccc2OC)c1. The van der Waals surface area contributed by atoms with Crippen molar-refractivity contribution in [3.8, 4) is 17.2 Å². The molecule has 30 heavy (non-hydrogen) atoms. The summed E-state index contributed by atoms with van der Waals surface area (Å²) < 4.78 is 18.6. The highest BCUT2D eigenvalue weighted by Gasteiger charge is 2.34. The van der Waals surface area contributed by atoms with Crippen LogP contribution in [0.15, 0.2) is 60.8 Å². The van der Waals surface area contributed by atoms with Gasteiger partial charge in [-0.25, -0.2) is 4.79 Å². The number of urea groups is 1. The van der Waals surface area contributed by atoms with Crippen LogP contribution in [-0.4, -0.2) is 43.4 Å². The van der Waals surface area contributed by atoms with Gasteiger partial charge in [0.25, 0.3) is 0 Å². The smallest absolute Gasteiger partial charge is 0.322 e. The molecule has 1 aliphatic heterocycles. The lowest BCUT2D eigenvalue weighted by Crippen LogP contribution is -2.44. The standard InChI is InChI=1S/C23H25N3O4/c1-28-16-10-11-20(29-2)17(15-16)22-19-8-6-12-25(19)13-14-26(22)23(27)24-18-7-4-5-9-21(18)30-3/h4-12,15,22H,13-14H2,1-3H3,(H,24,27)/t22-/m1/s1. The summed E-state index contributed by atoms with van der Waals surface area (Å²) in [5.41, 5.74) is 2.51. The zero-order chi connectivity index (χ0) is 21.1. The van der Waals surface area contributed by atoms with Gasteiger partial charge in [0, 0.05) is 30.5 Å². The van der Waals surface area contributed by atoms with E-state index >= 15 is 0 Å². The quantitative estimate of drug-likeness (QED) is 0.690. The highest BCUT2D eigenvalue weighted by molar-refractivity contribution is 5.91. The maximum Gasteiger partial charge on any atom is 0.322 e. The molecule has 1 aromatic heterocycles. The normalized spacial score (nSPS) is 15.3. The summed E-state index contributed by atoms with van der Waals surface area (Å²) in [6, 6.07) is 16.5. The van der Waals surface area contributed by atoms with E-state index < -0.39 is 0 Å². The third kappa shape index (κ3) is 3.54. The number of rotatable bonds is 5. The van der Waals surface area contributed by atoms with E-state index in [9.17, 15) is 4.79 Å². The molecule has 2 heterocycles. The molecule has 7 heteroatoms. The van der Waals surface area contributed by atoms with Gasteiger partial charge in [0.1, 0.15) is 23.3 Å². The molecule has 0 fully saturated rings. The van der Waals surface area contributed by atoms with E-state index in [0.29, 0.717) is 36.0 Å². The predicted octanol–water partition coefficient (Wildman–Crippen LogP) is 4.15. The molecule has 0 saturated carbocycles. The molecular weight excluding hydrogens is 382 g/mol. The van der Waals surface area contributed by atoms with Crippen molar-refractivity contribution in [1.29, 1.82) is 0 Å². The van der Waals surface area contributed by atoms with Gasteiger partial charge in [-0.05, 0) is 42.5 Å². The summed E-state index contributed by atoms with van der Waals surface area (Å²) in [7, 11) is 4.84. The van der Waals surface area contributed by atoms with E-state index in [-0.39, 0.29) is 12.1 Å². The van der Waals surface area contributed by atoms with Gasteiger partial charge in [-0.2, -0.15) is 0 Å². The lowest BCUT2D eigenvalue weighted by molar-refractivity contribution is 0.180. The number of nitrogens with one attached hydrogen (secondary N) is 1. The van der Waals surface area contributed by atoms with Gasteiger partial charge in [0.05, 0.1) is 27.0 Å². The number of hydrogen-bond acceptors (Lipinski definition) is 4. The number of methoxy groups -OCH3 is 3. The predicted molar refractivity (Wildman–Crippen MR) is 115 cm³/mol. The molecule has 4 rings (SSSR count). The number of anilines is 1. The number of benzene rings is 2. The van der Waals surface area contributed by atoms with E-state index in [1.165, 1.54) is 0 Å². The van der Waals surface area contributed by atoms with Crippen LogP contribution < -0.4 is 19.5 Å². The summed E-state index contributed by atoms with van der Waals surface area (Å²) >= 11 is 0. The average Bonchev–Trinajstić information content (AvgIpc) is 3.27. The van der Waals surface area contributed by atoms with Crippen LogP contribution in [0.4, 0.5) is 10.5 Å². The van der Waals surface area contributed by atoms with Gasteiger partial charge in [-0.1, -0.05) is 12.1 Å². The van der Waals surface area contributed by atoms with Crippen LogP contribution in [0.5, 0.6) is 17.2 Å². The van der Waals surface area contributed by atoms with E-state index in [1.54, 1.807) is 21.3 Å². The number of hydrogen-bond donors (Lipinski definition) is 1. The largest absolute Gasteiger partial charge is 0.497 e. The summed E-state index contributed by atoms with van der Waals surface area (Å²) in [4.78, 5) is 15.2. The van der Waals surface area contributed by atoms with Crippen molar-refractivity contribution in [1.82, 2.24) is 9.47 Å². The molecule has 0 spiro atoms. The van der Waals surface area contributed by atoms with Gasteiger partial charge in [0.15, 0.2) is 0 Å². The Kier molecular flexibility index (Phi) is 5.52. The molecule has 156 valence electrons. The Bertz CT molecular complexity index is 1050. The minimum Gasteiger partial charge on any atom is -0.497 e. The van der Waals surface area contributed by atoms with Gasteiger partial charge in [-0.3, -0.25) is 0 Å². The molecule has 0 saturated heterocycles. The fourth-order valence-electron chi connectivity index (χ4n) is 3.92. The fraction of sp³-hybridized carbons (Fsp3) is 0.261. The summed E-state index contributed by atoms with van der Waals surface area (Å²) in [5.74, 6) is 2.02. The van der Waals surface area contributed by atoms with Crippen LogP contribution in [0.25, 0.3) is 0 Å². The van der Waals surface area contributed by atoms with Crippen molar-refractivity contribution < 1.29 is 19.0 Å². The van der Waals surface area contributed by atoms with E-state index in [1.807, 2.05) is 65.7 Å². The number of carbonyl (C=O) groups excluding carboxylic acids is 1. The monoisotopic (exact) mass is 407 g/mol. The second kappa shape index (κ2) is 8.41. The summed E-state index contributed by atoms with van der Waals surface area (Å²) in [6.45, 7) is 1.26. The van der Waals surface area contributed by atoms with Crippen LogP contribution in [0.3, 0.4) is 0 Å². The Balaban J connectivity index is 1.75. The Morgan fingerprint density at radius 3 is 2.50 bits per heavy atom. The fourth-order valence-corrected chi connectivity index (χ4v) is 3.92. The van der Waals surface area contributed by atoms with Crippen LogP contribution in [0.1, 0.15) is 17.3 Å². The first-order valence-electron chi connectivity index (χ1n) is 9.74. The van der Waals surface area contributed by atoms with Gasteiger partial charge < -0.3 is 29.0 Å². The van der Waals surface area contributed by atoms with Gasteiger partial charge in [-0.15, -0.1) is 0 Å². The first-order valence-corrected chi connectivity index (χ1v) is 9.74. The first-order chi connectivity index (χ1) is 14.7. The summed E-state index contributed by atoms with van der Waals surface area (Å²) in [6.07, 6.45) is 2.03. The van der Waals surface area contributed by atoms with Crippen LogP contribution in [0.2, 0.25) is 0 Å². The number of amides is 2. The number of ether oxygens (including phenoxy) is 3. The average molecular weight is 407 g/mol. The number of fused-ring (bicyclic) bond motifs is 1. The molecule has 1 aliphatic rings. The molecule has 0 unspecified atom stereocenters. The Morgan fingerprint density at radius 2 is 1.73 bits per heavy atom. The van der Waals surface area contributed by atoms with Crippen molar-refractivity contribution in [2.45, 2.75) is 12.6 Å². The Morgan fingerprint density at radius 1 is 0.933 bits per heavy atom. The van der Waals surface area contributed by atoms with Crippen LogP contribution in [-0.2, 0) is 6.54 Å². The topological polar surface area (TPSA) is 65.0 Å². The van der Waals surface area contributed by atoms with Crippen molar-refractivity contribution >= 4 is 11.7 Å². The number of para-hydroxylation sites is 2. The summed E-state index contributed by atoms with van der Waals surface area (Å²) in [5, 5.41) is 3.00. The first kappa shape index (κ1) is 19.7. The van der Waals surface area contributed by atoms with Gasteiger partial charge in [0.2, 0.25) is 0 Å². The van der Waals surface area contributed by atoms with E-state index in [0.717, 1.165) is 11.3 Å². The molecule has 0 radical (unpaired) electrons. The Hall–Kier alpha value is -3.61. The second-order valence-electron chi connectivity index (χ2n) is 6.96. The van der Waals surface area contributed by atoms with E-state index in [2.05, 4.69) is 9.88 Å². The van der Waals surface area contributed by atoms with Crippen molar-refractivity contribution in [2.24, 2.45) is 0 Å². The molecule has 2 aromatic carbocycles. The maximum atomic E-state index is 13.4. The van der Waals surface area contributed by atoms with Crippen molar-refractivity contribution in [3.05, 3.63) is 72.1 Å². The zero-order valence-electron chi connectivity index (χ0n) is 17.3. The third-order valence-corrected chi connectivity index (χ3v) is 5.38. The second-order valence-corrected chi connectivity index (χ2v) is 6.96. The van der Waals surface area contributed by atoms with E-state index in [4.69, 9.17) is 14.2 Å². The Labute approximate surface area is 175 Å².